The molecule has 1 fully saturated rings. The Morgan fingerprint density at radius 2 is 1.90 bits per heavy atom. The van der Waals surface area contributed by atoms with Crippen LogP contribution in [0.3, 0.4) is 0 Å². The standard InChI is InChI=1S/C17H31N3S/c1-17(2,3)15-14(11-18-4)21-16(19-15)20(5)12-13-9-7-6-8-10-13/h13,18H,6-12H2,1-5H3. The molecule has 1 heterocycles. The third-order valence-corrected chi connectivity index (χ3v) is 5.49. The van der Waals surface area contributed by atoms with Gasteiger partial charge >= 0.3 is 0 Å². The maximum absolute atomic E-state index is 4.97. The second kappa shape index (κ2) is 7.10. The number of anilines is 1. The van der Waals surface area contributed by atoms with Crippen molar-refractivity contribution in [1.82, 2.24) is 10.3 Å². The Bertz CT molecular complexity index is 441. The molecule has 0 unspecified atom stereocenters. The van der Waals surface area contributed by atoms with Crippen LogP contribution in [-0.2, 0) is 12.0 Å². The zero-order valence-electron chi connectivity index (χ0n) is 14.3. The highest BCUT2D eigenvalue weighted by Gasteiger charge is 2.25. The molecule has 1 aliphatic rings. The van der Waals surface area contributed by atoms with Gasteiger partial charge in [-0.3, -0.25) is 0 Å². The lowest BCUT2D eigenvalue weighted by atomic mass is 9.89. The van der Waals surface area contributed by atoms with Crippen molar-refractivity contribution < 1.29 is 0 Å². The molecule has 1 aliphatic carbocycles. The Kier molecular flexibility index (Phi) is 5.67. The van der Waals surface area contributed by atoms with Crippen molar-refractivity contribution in [2.24, 2.45) is 5.92 Å². The van der Waals surface area contributed by atoms with Crippen molar-refractivity contribution in [3.05, 3.63) is 10.6 Å². The summed E-state index contributed by atoms with van der Waals surface area (Å²) in [6.45, 7) is 8.85. The Morgan fingerprint density at radius 3 is 2.48 bits per heavy atom. The lowest BCUT2D eigenvalue weighted by Gasteiger charge is -2.26. The summed E-state index contributed by atoms with van der Waals surface area (Å²) in [4.78, 5) is 8.74. The predicted octanol–water partition coefficient (Wildman–Crippen LogP) is 4.18. The smallest absolute Gasteiger partial charge is 0.185 e. The topological polar surface area (TPSA) is 28.2 Å². The largest absolute Gasteiger partial charge is 0.351 e. The molecule has 0 spiro atoms. The van der Waals surface area contributed by atoms with Gasteiger partial charge in [-0.15, -0.1) is 11.3 Å². The molecule has 0 bridgehead atoms. The average molecular weight is 310 g/mol. The summed E-state index contributed by atoms with van der Waals surface area (Å²) < 4.78 is 0. The van der Waals surface area contributed by atoms with E-state index in [0.717, 1.165) is 19.0 Å². The zero-order valence-corrected chi connectivity index (χ0v) is 15.1. The highest BCUT2D eigenvalue weighted by atomic mass is 32.1. The van der Waals surface area contributed by atoms with E-state index in [-0.39, 0.29) is 5.41 Å². The van der Waals surface area contributed by atoms with Gasteiger partial charge in [-0.05, 0) is 25.8 Å². The highest BCUT2D eigenvalue weighted by molar-refractivity contribution is 7.15. The van der Waals surface area contributed by atoms with Gasteiger partial charge in [0.1, 0.15) is 0 Å². The Morgan fingerprint density at radius 1 is 1.24 bits per heavy atom. The molecule has 1 saturated carbocycles. The minimum absolute atomic E-state index is 0.118. The predicted molar refractivity (Wildman–Crippen MR) is 93.4 cm³/mol. The maximum Gasteiger partial charge on any atom is 0.185 e. The molecule has 0 atom stereocenters. The summed E-state index contributed by atoms with van der Waals surface area (Å²) in [6.07, 6.45) is 7.04. The fourth-order valence-corrected chi connectivity index (χ4v) is 4.46. The summed E-state index contributed by atoms with van der Waals surface area (Å²) in [5.74, 6) is 0.860. The molecule has 3 nitrogen and oxygen atoms in total. The number of hydrogen-bond acceptors (Lipinski definition) is 4. The molecule has 0 radical (unpaired) electrons. The number of aromatic nitrogens is 1. The van der Waals surface area contributed by atoms with Crippen LogP contribution in [0.25, 0.3) is 0 Å². The third kappa shape index (κ3) is 4.43. The van der Waals surface area contributed by atoms with Gasteiger partial charge in [0.05, 0.1) is 5.69 Å². The van der Waals surface area contributed by atoms with Crippen LogP contribution in [0.15, 0.2) is 0 Å². The van der Waals surface area contributed by atoms with Crippen LogP contribution in [0.5, 0.6) is 0 Å². The van der Waals surface area contributed by atoms with Gasteiger partial charge < -0.3 is 10.2 Å². The SMILES string of the molecule is CNCc1sc(N(C)CC2CCCCC2)nc1C(C)(C)C. The first-order chi connectivity index (χ1) is 9.91. The van der Waals surface area contributed by atoms with E-state index in [1.165, 1.54) is 47.8 Å². The van der Waals surface area contributed by atoms with Crippen molar-refractivity contribution >= 4 is 16.5 Å². The monoisotopic (exact) mass is 309 g/mol. The van der Waals surface area contributed by atoms with E-state index < -0.39 is 0 Å². The second-order valence-corrected chi connectivity index (χ2v) is 8.50. The summed E-state index contributed by atoms with van der Waals surface area (Å²) in [5.41, 5.74) is 1.37. The van der Waals surface area contributed by atoms with E-state index in [1.54, 1.807) is 0 Å². The van der Waals surface area contributed by atoms with Crippen LogP contribution >= 0.6 is 11.3 Å². The fourth-order valence-electron chi connectivity index (χ4n) is 3.20. The molecule has 0 aliphatic heterocycles. The highest BCUT2D eigenvalue weighted by Crippen LogP contribution is 2.34. The lowest BCUT2D eigenvalue weighted by Crippen LogP contribution is -2.27. The van der Waals surface area contributed by atoms with Crippen LogP contribution in [0.4, 0.5) is 5.13 Å². The molecule has 4 heteroatoms. The van der Waals surface area contributed by atoms with Crippen LogP contribution in [-0.4, -0.2) is 25.6 Å². The van der Waals surface area contributed by atoms with E-state index >= 15 is 0 Å². The number of rotatable bonds is 5. The molecule has 2 rings (SSSR count). The minimum atomic E-state index is 0.118. The zero-order chi connectivity index (χ0) is 15.5. The first-order valence-electron chi connectivity index (χ1n) is 8.27. The number of nitrogens with zero attached hydrogens (tertiary/aromatic N) is 2. The summed E-state index contributed by atoms with van der Waals surface area (Å²) in [5, 5.41) is 4.47. The van der Waals surface area contributed by atoms with Crippen molar-refractivity contribution in [2.45, 2.75) is 64.8 Å². The van der Waals surface area contributed by atoms with Gasteiger partial charge in [0, 0.05) is 30.4 Å². The van der Waals surface area contributed by atoms with Gasteiger partial charge in [-0.2, -0.15) is 0 Å². The van der Waals surface area contributed by atoms with Crippen LogP contribution in [0, 0.1) is 5.92 Å². The van der Waals surface area contributed by atoms with Crippen LogP contribution < -0.4 is 10.2 Å². The van der Waals surface area contributed by atoms with Crippen molar-refractivity contribution in [1.29, 1.82) is 0 Å². The minimum Gasteiger partial charge on any atom is -0.351 e. The van der Waals surface area contributed by atoms with Gasteiger partial charge in [-0.25, -0.2) is 4.98 Å². The Balaban J connectivity index is 2.11. The lowest BCUT2D eigenvalue weighted by molar-refractivity contribution is 0.362. The Hall–Kier alpha value is -0.610. The van der Waals surface area contributed by atoms with Crippen LogP contribution in [0.1, 0.15) is 63.4 Å². The molecule has 1 N–H and O–H groups in total. The molecule has 120 valence electrons. The molecule has 0 aromatic carbocycles. The molecule has 21 heavy (non-hydrogen) atoms. The van der Waals surface area contributed by atoms with E-state index in [2.05, 4.69) is 38.0 Å². The van der Waals surface area contributed by atoms with E-state index in [1.807, 2.05) is 18.4 Å². The summed E-state index contributed by atoms with van der Waals surface area (Å²) >= 11 is 1.86. The van der Waals surface area contributed by atoms with E-state index in [0.29, 0.717) is 0 Å². The first-order valence-corrected chi connectivity index (χ1v) is 9.09. The Labute approximate surface area is 134 Å². The third-order valence-electron chi connectivity index (χ3n) is 4.32. The molecule has 0 amide bonds. The summed E-state index contributed by atoms with van der Waals surface area (Å²) in [6, 6.07) is 0. The van der Waals surface area contributed by atoms with Crippen molar-refractivity contribution in [2.75, 3.05) is 25.5 Å². The van der Waals surface area contributed by atoms with Crippen LogP contribution in [0.2, 0.25) is 0 Å². The molecule has 0 saturated heterocycles. The molecular formula is C17H31N3S. The van der Waals surface area contributed by atoms with E-state index in [9.17, 15) is 0 Å². The summed E-state index contributed by atoms with van der Waals surface area (Å²) in [7, 11) is 4.22. The first kappa shape index (κ1) is 16.8. The normalized spacial score (nSPS) is 17.2. The number of hydrogen-bond donors (Lipinski definition) is 1. The fraction of sp³-hybridized carbons (Fsp3) is 0.824. The van der Waals surface area contributed by atoms with E-state index in [4.69, 9.17) is 4.98 Å². The molecule has 1 aromatic rings. The second-order valence-electron chi connectivity index (χ2n) is 7.43. The van der Waals surface area contributed by atoms with Gasteiger partial charge in [-0.1, -0.05) is 40.0 Å². The average Bonchev–Trinajstić information content (AvgIpc) is 2.84. The maximum atomic E-state index is 4.97. The van der Waals surface area contributed by atoms with Gasteiger partial charge in [0.2, 0.25) is 0 Å². The van der Waals surface area contributed by atoms with Crippen molar-refractivity contribution in [3.63, 3.8) is 0 Å². The van der Waals surface area contributed by atoms with Gasteiger partial charge in [0.15, 0.2) is 5.13 Å². The van der Waals surface area contributed by atoms with Crippen molar-refractivity contribution in [3.8, 4) is 0 Å². The number of nitrogens with one attached hydrogen (secondary N) is 1. The molecule has 1 aromatic heterocycles. The quantitative estimate of drug-likeness (QED) is 0.884. The molecular weight excluding hydrogens is 278 g/mol. The number of thiazole rings is 1. The van der Waals surface area contributed by atoms with Gasteiger partial charge in [0.25, 0.3) is 0 Å².